The molecule has 0 spiro atoms. The van der Waals surface area contributed by atoms with Crippen molar-refractivity contribution in [3.05, 3.63) is 33.8 Å². The molecule has 0 aliphatic heterocycles. The van der Waals surface area contributed by atoms with Gasteiger partial charge in [0, 0.05) is 24.1 Å². The second-order valence-corrected chi connectivity index (χ2v) is 6.60. The van der Waals surface area contributed by atoms with Crippen LogP contribution in [0.3, 0.4) is 0 Å². The lowest BCUT2D eigenvalue weighted by atomic mass is 9.91. The molecule has 1 atom stereocenters. The third-order valence-corrected chi connectivity index (χ3v) is 4.59. The van der Waals surface area contributed by atoms with Gasteiger partial charge in [0.05, 0.1) is 5.41 Å². The van der Waals surface area contributed by atoms with Crippen molar-refractivity contribution in [3.8, 4) is 0 Å². The van der Waals surface area contributed by atoms with Gasteiger partial charge in [-0.2, -0.15) is 0 Å². The quantitative estimate of drug-likeness (QED) is 0.894. The average molecular weight is 325 g/mol. The monoisotopic (exact) mass is 324 g/mol. The van der Waals surface area contributed by atoms with E-state index in [1.165, 1.54) is 15.6 Å². The molecule has 19 heavy (non-hydrogen) atoms. The lowest BCUT2D eigenvalue weighted by molar-refractivity contribution is -0.128. The number of rotatable bonds is 4. The molecule has 0 heterocycles. The van der Waals surface area contributed by atoms with E-state index in [1.807, 2.05) is 13.8 Å². The van der Waals surface area contributed by atoms with Crippen LogP contribution >= 0.6 is 15.9 Å². The molecule has 1 amide bonds. The lowest BCUT2D eigenvalue weighted by Crippen LogP contribution is -2.42. The van der Waals surface area contributed by atoms with Gasteiger partial charge in [0.1, 0.15) is 0 Å². The second-order valence-electron chi connectivity index (χ2n) is 5.74. The third-order valence-electron chi connectivity index (χ3n) is 3.85. The van der Waals surface area contributed by atoms with E-state index in [2.05, 4.69) is 44.8 Å². The molecule has 0 saturated heterocycles. The molecule has 1 aromatic carbocycles. The van der Waals surface area contributed by atoms with E-state index in [0.29, 0.717) is 12.6 Å². The molecule has 0 radical (unpaired) electrons. The molecule has 4 heteroatoms. The molecule has 2 rings (SSSR count). The van der Waals surface area contributed by atoms with Crippen LogP contribution in [0.1, 0.15) is 37.4 Å². The number of carbonyl (C=O) groups is 1. The summed E-state index contributed by atoms with van der Waals surface area (Å²) in [6.45, 7) is 4.62. The van der Waals surface area contributed by atoms with Crippen molar-refractivity contribution in [2.75, 3.05) is 13.6 Å². The maximum Gasteiger partial charge on any atom is 0.226 e. The summed E-state index contributed by atoms with van der Waals surface area (Å²) in [5.41, 5.74) is 2.38. The Labute approximate surface area is 123 Å². The molecule has 1 aliphatic rings. The van der Waals surface area contributed by atoms with Gasteiger partial charge in [0.25, 0.3) is 0 Å². The van der Waals surface area contributed by atoms with Crippen LogP contribution in [0.4, 0.5) is 0 Å². The van der Waals surface area contributed by atoms with Crippen LogP contribution in [0, 0.1) is 5.41 Å². The van der Waals surface area contributed by atoms with E-state index in [1.54, 1.807) is 7.05 Å². The summed E-state index contributed by atoms with van der Waals surface area (Å²) in [5, 5.41) is 6.26. The summed E-state index contributed by atoms with van der Waals surface area (Å²) in [5.74, 6) is 0.0764. The molecular weight excluding hydrogens is 304 g/mol. The molecule has 3 nitrogen and oxygen atoms in total. The summed E-state index contributed by atoms with van der Waals surface area (Å²) in [4.78, 5) is 11.8. The minimum atomic E-state index is -0.385. The molecule has 1 aromatic rings. The van der Waals surface area contributed by atoms with Crippen molar-refractivity contribution < 1.29 is 4.79 Å². The Morgan fingerprint density at radius 3 is 2.89 bits per heavy atom. The van der Waals surface area contributed by atoms with Gasteiger partial charge in [-0.3, -0.25) is 4.79 Å². The molecule has 0 aromatic heterocycles. The molecule has 1 unspecified atom stereocenters. The van der Waals surface area contributed by atoms with E-state index < -0.39 is 0 Å². The number of hydrogen-bond donors (Lipinski definition) is 2. The highest BCUT2D eigenvalue weighted by Gasteiger charge is 2.30. The van der Waals surface area contributed by atoms with Crippen molar-refractivity contribution in [2.24, 2.45) is 5.41 Å². The van der Waals surface area contributed by atoms with Gasteiger partial charge in [-0.25, -0.2) is 0 Å². The van der Waals surface area contributed by atoms with Gasteiger partial charge in [0.2, 0.25) is 5.91 Å². The maximum atomic E-state index is 11.8. The Bertz CT molecular complexity index is 485. The number of benzene rings is 1. The van der Waals surface area contributed by atoms with Gasteiger partial charge >= 0.3 is 0 Å². The number of hydrogen-bond acceptors (Lipinski definition) is 2. The van der Waals surface area contributed by atoms with Crippen molar-refractivity contribution in [1.29, 1.82) is 0 Å². The first-order chi connectivity index (χ1) is 8.95. The summed E-state index contributed by atoms with van der Waals surface area (Å²) < 4.78 is 1.19. The van der Waals surface area contributed by atoms with Crippen LogP contribution in [0.15, 0.2) is 22.7 Å². The fourth-order valence-electron chi connectivity index (χ4n) is 2.62. The zero-order valence-corrected chi connectivity index (χ0v) is 13.3. The highest BCUT2D eigenvalue weighted by atomic mass is 79.9. The summed E-state index contributed by atoms with van der Waals surface area (Å²) in [6, 6.07) is 6.71. The normalized spacial score (nSPS) is 18.2. The molecular formula is C15H21BrN2O. The Morgan fingerprint density at radius 2 is 2.21 bits per heavy atom. The van der Waals surface area contributed by atoms with Crippen molar-refractivity contribution in [2.45, 2.75) is 32.7 Å². The molecule has 104 valence electrons. The maximum absolute atomic E-state index is 11.8. The fraction of sp³-hybridized carbons (Fsp3) is 0.533. The van der Waals surface area contributed by atoms with Crippen molar-refractivity contribution in [1.82, 2.24) is 10.6 Å². The highest BCUT2D eigenvalue weighted by Crippen LogP contribution is 2.35. The van der Waals surface area contributed by atoms with Gasteiger partial charge in [0.15, 0.2) is 0 Å². The number of carbonyl (C=O) groups excluding carboxylic acids is 1. The van der Waals surface area contributed by atoms with E-state index in [9.17, 15) is 4.79 Å². The topological polar surface area (TPSA) is 41.1 Å². The number of halogens is 1. The molecule has 0 fully saturated rings. The fourth-order valence-corrected chi connectivity index (χ4v) is 3.20. The Hall–Kier alpha value is -0.870. The Kier molecular flexibility index (Phi) is 4.31. The molecule has 0 saturated carbocycles. The van der Waals surface area contributed by atoms with Crippen LogP contribution < -0.4 is 10.6 Å². The van der Waals surface area contributed by atoms with Crippen LogP contribution in [-0.2, 0) is 11.2 Å². The number of fused-ring (bicyclic) bond motifs is 1. The SMILES string of the molecule is CNC(=O)C(C)(C)CNC1CCc2c(Br)cccc21. The first-order valence-electron chi connectivity index (χ1n) is 6.68. The zero-order chi connectivity index (χ0) is 14.0. The highest BCUT2D eigenvalue weighted by molar-refractivity contribution is 9.10. The first-order valence-corrected chi connectivity index (χ1v) is 7.48. The molecule has 2 N–H and O–H groups in total. The van der Waals surface area contributed by atoms with Gasteiger partial charge < -0.3 is 10.6 Å². The van der Waals surface area contributed by atoms with Crippen molar-refractivity contribution in [3.63, 3.8) is 0 Å². The van der Waals surface area contributed by atoms with Crippen LogP contribution in [-0.4, -0.2) is 19.5 Å². The smallest absolute Gasteiger partial charge is 0.226 e. The van der Waals surface area contributed by atoms with Crippen LogP contribution in [0.5, 0.6) is 0 Å². The van der Waals surface area contributed by atoms with Crippen molar-refractivity contribution >= 4 is 21.8 Å². The Balaban J connectivity index is 2.04. The minimum Gasteiger partial charge on any atom is -0.359 e. The molecule has 0 bridgehead atoms. The summed E-state index contributed by atoms with van der Waals surface area (Å²) >= 11 is 3.61. The van der Waals surface area contributed by atoms with Gasteiger partial charge in [-0.05, 0) is 43.9 Å². The lowest BCUT2D eigenvalue weighted by Gasteiger charge is -2.25. The Morgan fingerprint density at radius 1 is 1.47 bits per heavy atom. The van der Waals surface area contributed by atoms with Gasteiger partial charge in [-0.1, -0.05) is 28.1 Å². The van der Waals surface area contributed by atoms with E-state index in [-0.39, 0.29) is 11.3 Å². The number of amides is 1. The minimum absolute atomic E-state index is 0.0764. The zero-order valence-electron chi connectivity index (χ0n) is 11.7. The van der Waals surface area contributed by atoms with Crippen LogP contribution in [0.25, 0.3) is 0 Å². The molecule has 1 aliphatic carbocycles. The largest absolute Gasteiger partial charge is 0.359 e. The third kappa shape index (κ3) is 3.00. The average Bonchev–Trinajstić information content (AvgIpc) is 2.80. The standard InChI is InChI=1S/C15H21BrN2O/c1-15(2,14(19)17-3)9-18-13-8-7-10-11(13)5-4-6-12(10)16/h4-6,13,18H,7-9H2,1-3H3,(H,17,19). The van der Waals surface area contributed by atoms with E-state index >= 15 is 0 Å². The van der Waals surface area contributed by atoms with E-state index in [0.717, 1.165) is 12.8 Å². The summed E-state index contributed by atoms with van der Waals surface area (Å²) in [6.07, 6.45) is 2.19. The predicted molar refractivity (Wildman–Crippen MR) is 81.1 cm³/mol. The van der Waals surface area contributed by atoms with Crippen LogP contribution in [0.2, 0.25) is 0 Å². The number of nitrogens with one attached hydrogen (secondary N) is 2. The predicted octanol–water partition coefficient (Wildman–Crippen LogP) is 2.80. The summed E-state index contributed by atoms with van der Waals surface area (Å²) in [7, 11) is 1.69. The van der Waals surface area contributed by atoms with Gasteiger partial charge in [-0.15, -0.1) is 0 Å². The van der Waals surface area contributed by atoms with E-state index in [4.69, 9.17) is 0 Å². The second kappa shape index (κ2) is 5.63. The first kappa shape index (κ1) is 14.5.